The van der Waals surface area contributed by atoms with Gasteiger partial charge in [0.2, 0.25) is 5.95 Å². The van der Waals surface area contributed by atoms with Gasteiger partial charge in [-0.1, -0.05) is 6.92 Å². The lowest BCUT2D eigenvalue weighted by molar-refractivity contribution is 0.0627. The van der Waals surface area contributed by atoms with E-state index in [0.717, 1.165) is 30.8 Å². The first-order valence-corrected chi connectivity index (χ1v) is 10.5. The number of aliphatic hydroxyl groups is 1. The van der Waals surface area contributed by atoms with Crippen LogP contribution in [0, 0.1) is 25.6 Å². The Morgan fingerprint density at radius 1 is 1.16 bits per heavy atom. The third kappa shape index (κ3) is 4.45. The fourth-order valence-electron chi connectivity index (χ4n) is 4.00. The number of aliphatic hydroxyl groups excluding tert-OH is 1. The summed E-state index contributed by atoms with van der Waals surface area (Å²) in [6.45, 7) is 7.99. The van der Waals surface area contributed by atoms with Gasteiger partial charge in [-0.3, -0.25) is 0 Å². The number of rotatable bonds is 5. The number of anilines is 1. The zero-order valence-corrected chi connectivity index (χ0v) is 17.9. The molecule has 3 aromatic rings. The molecule has 2 N–H and O–H groups in total. The van der Waals surface area contributed by atoms with Crippen molar-refractivity contribution in [1.82, 2.24) is 19.7 Å². The van der Waals surface area contributed by atoms with Crippen molar-refractivity contribution in [3.05, 3.63) is 59.7 Å². The van der Waals surface area contributed by atoms with Crippen LogP contribution in [0.2, 0.25) is 0 Å². The van der Waals surface area contributed by atoms with E-state index < -0.39 is 12.1 Å². The Kier molecular flexibility index (Phi) is 6.02. The molecule has 0 amide bonds. The first-order chi connectivity index (χ1) is 14.9. The molecule has 164 valence electrons. The van der Waals surface area contributed by atoms with Crippen LogP contribution in [0.5, 0.6) is 0 Å². The van der Waals surface area contributed by atoms with Gasteiger partial charge in [0, 0.05) is 30.4 Å². The van der Waals surface area contributed by atoms with Crippen molar-refractivity contribution in [2.75, 3.05) is 25.0 Å². The first-order valence-electron chi connectivity index (χ1n) is 10.5. The highest BCUT2D eigenvalue weighted by atomic mass is 19.1. The minimum atomic E-state index is -0.599. The molecule has 1 aliphatic heterocycles. The van der Waals surface area contributed by atoms with E-state index in [4.69, 9.17) is 0 Å². The quantitative estimate of drug-likeness (QED) is 0.608. The lowest BCUT2D eigenvalue weighted by Gasteiger charge is -2.36. The van der Waals surface area contributed by atoms with Crippen molar-refractivity contribution in [3.8, 4) is 16.8 Å². The third-order valence-electron chi connectivity index (χ3n) is 5.92. The van der Waals surface area contributed by atoms with Crippen molar-refractivity contribution in [2.45, 2.75) is 39.3 Å². The molecule has 0 spiro atoms. The van der Waals surface area contributed by atoms with E-state index in [1.807, 2.05) is 0 Å². The average molecular weight is 427 g/mol. The van der Waals surface area contributed by atoms with E-state index in [1.165, 1.54) is 12.3 Å². The summed E-state index contributed by atoms with van der Waals surface area (Å²) in [6, 6.07) is 4.76. The predicted molar refractivity (Wildman–Crippen MR) is 116 cm³/mol. The number of hydrogen-bond acceptors (Lipinski definition) is 5. The van der Waals surface area contributed by atoms with Gasteiger partial charge in [-0.2, -0.15) is 9.49 Å². The molecule has 0 aliphatic carbocycles. The zero-order chi connectivity index (χ0) is 22.1. The average Bonchev–Trinajstić information content (AvgIpc) is 3.23. The van der Waals surface area contributed by atoms with Gasteiger partial charge >= 0.3 is 0 Å². The van der Waals surface area contributed by atoms with Crippen LogP contribution < -0.4 is 5.32 Å². The molecular formula is C23H27F2N5O. The van der Waals surface area contributed by atoms with Crippen molar-refractivity contribution in [2.24, 2.45) is 0 Å². The van der Waals surface area contributed by atoms with E-state index in [1.54, 1.807) is 43.1 Å². The summed E-state index contributed by atoms with van der Waals surface area (Å²) in [6.07, 6.45) is 5.00. The van der Waals surface area contributed by atoms with E-state index in [9.17, 15) is 13.9 Å². The van der Waals surface area contributed by atoms with Gasteiger partial charge in [0.1, 0.15) is 5.82 Å². The van der Waals surface area contributed by atoms with Gasteiger partial charge in [-0.15, -0.1) is 0 Å². The van der Waals surface area contributed by atoms with Crippen LogP contribution >= 0.6 is 0 Å². The van der Waals surface area contributed by atoms with Crippen LogP contribution in [0.15, 0.2) is 36.8 Å². The molecule has 0 saturated carbocycles. The molecule has 2 atom stereocenters. The highest BCUT2D eigenvalue weighted by molar-refractivity contribution is 5.67. The zero-order valence-electron chi connectivity index (χ0n) is 17.9. The molecule has 1 aliphatic rings. The van der Waals surface area contributed by atoms with Gasteiger partial charge in [-0.25, -0.2) is 14.1 Å². The lowest BCUT2D eigenvalue weighted by Crippen LogP contribution is -2.49. The number of pyridine rings is 1. The summed E-state index contributed by atoms with van der Waals surface area (Å²) in [4.78, 5) is 6.09. The highest BCUT2D eigenvalue weighted by Gasteiger charge is 2.27. The van der Waals surface area contributed by atoms with Crippen LogP contribution in [0.3, 0.4) is 0 Å². The highest BCUT2D eigenvalue weighted by Crippen LogP contribution is 2.27. The Hall–Kier alpha value is -2.84. The van der Waals surface area contributed by atoms with Gasteiger partial charge in [0.25, 0.3) is 0 Å². The van der Waals surface area contributed by atoms with Crippen LogP contribution in [0.25, 0.3) is 16.8 Å². The van der Waals surface area contributed by atoms with Gasteiger partial charge < -0.3 is 15.3 Å². The maximum atomic E-state index is 14.5. The van der Waals surface area contributed by atoms with E-state index in [-0.39, 0.29) is 11.9 Å². The number of β-amino-alcohol motifs (C(OH)–C–C–N with tert-alkyl or cyclic N) is 1. The molecule has 6 nitrogen and oxygen atoms in total. The normalized spacial score (nSPS) is 19.5. The molecule has 2 unspecified atom stereocenters. The number of halogens is 2. The summed E-state index contributed by atoms with van der Waals surface area (Å²) < 4.78 is 29.9. The molecule has 4 rings (SSSR count). The Bertz CT molecular complexity index is 1080. The Labute approximate surface area is 180 Å². The number of likely N-dealkylation sites (tertiary alicyclic amines) is 1. The Morgan fingerprint density at radius 3 is 2.71 bits per heavy atom. The van der Waals surface area contributed by atoms with Crippen molar-refractivity contribution in [3.63, 3.8) is 0 Å². The Morgan fingerprint density at radius 2 is 1.97 bits per heavy atom. The number of aryl methyl sites for hydroxylation is 2. The molecule has 1 aromatic carbocycles. The predicted octanol–water partition coefficient (Wildman–Crippen LogP) is 3.70. The summed E-state index contributed by atoms with van der Waals surface area (Å²) in [5, 5.41) is 18.1. The number of aromatic nitrogens is 3. The van der Waals surface area contributed by atoms with Gasteiger partial charge in [0.15, 0.2) is 0 Å². The first kappa shape index (κ1) is 21.4. The van der Waals surface area contributed by atoms with Crippen LogP contribution in [0.1, 0.15) is 24.5 Å². The summed E-state index contributed by atoms with van der Waals surface area (Å²) in [5.74, 6) is -0.868. The third-order valence-corrected chi connectivity index (χ3v) is 5.92. The van der Waals surface area contributed by atoms with Gasteiger partial charge in [-0.05, 0) is 56.1 Å². The molecule has 2 aromatic heterocycles. The molecule has 8 heteroatoms. The second-order valence-corrected chi connectivity index (χ2v) is 8.12. The van der Waals surface area contributed by atoms with Crippen molar-refractivity contribution in [1.29, 1.82) is 0 Å². The fourth-order valence-corrected chi connectivity index (χ4v) is 4.00. The number of piperidine rings is 1. The summed E-state index contributed by atoms with van der Waals surface area (Å²) in [5.41, 5.74) is 3.51. The largest absolute Gasteiger partial charge is 0.390 e. The second-order valence-electron chi connectivity index (χ2n) is 8.12. The summed E-state index contributed by atoms with van der Waals surface area (Å²) >= 11 is 0. The molecule has 0 bridgehead atoms. The van der Waals surface area contributed by atoms with Crippen LogP contribution in [0.4, 0.5) is 14.5 Å². The van der Waals surface area contributed by atoms with E-state index >= 15 is 0 Å². The topological polar surface area (TPSA) is 66.2 Å². The Balaban J connectivity index is 1.58. The maximum absolute atomic E-state index is 14.5. The van der Waals surface area contributed by atoms with Crippen LogP contribution in [-0.4, -0.2) is 56.6 Å². The fraction of sp³-hybridized carbons (Fsp3) is 0.391. The maximum Gasteiger partial charge on any atom is 0.220 e. The minimum Gasteiger partial charge on any atom is -0.390 e. The molecule has 0 radical (unpaired) electrons. The number of nitrogens with one attached hydrogen (secondary N) is 1. The second kappa shape index (κ2) is 8.72. The smallest absolute Gasteiger partial charge is 0.220 e. The summed E-state index contributed by atoms with van der Waals surface area (Å²) in [7, 11) is 0. The monoisotopic (exact) mass is 427 g/mol. The molecular weight excluding hydrogens is 400 g/mol. The molecule has 1 saturated heterocycles. The van der Waals surface area contributed by atoms with E-state index in [0.29, 0.717) is 28.9 Å². The van der Waals surface area contributed by atoms with Gasteiger partial charge in [0.05, 0.1) is 35.9 Å². The lowest BCUT2D eigenvalue weighted by atomic mass is 10.0. The minimum absolute atomic E-state index is 0.115. The number of likely N-dealkylation sites (N-methyl/N-ethyl adjacent to an activating group) is 1. The van der Waals surface area contributed by atoms with E-state index in [2.05, 4.69) is 27.2 Å². The molecule has 31 heavy (non-hydrogen) atoms. The SMILES string of the molecule is CCN1CCC(Nc2cnc(F)c(-c3cnn(-c4cc(C)c(F)cc4C)c3)c2)C(O)C1. The number of nitrogens with zero attached hydrogens (tertiary/aromatic N) is 4. The van der Waals surface area contributed by atoms with Crippen molar-refractivity contribution >= 4 is 5.69 Å². The van der Waals surface area contributed by atoms with Crippen LogP contribution in [-0.2, 0) is 0 Å². The molecule has 3 heterocycles. The van der Waals surface area contributed by atoms with Crippen molar-refractivity contribution < 1.29 is 13.9 Å². The standard InChI is InChI=1S/C23H27F2N5O/c1-4-29-6-5-20(22(31)13-29)28-17-9-18(23(25)26-11-17)16-10-27-30(12-16)21-8-14(2)19(24)7-15(21)3/h7-12,20,22,28,31H,4-6,13H2,1-3H3. The molecule has 1 fully saturated rings. The number of benzene rings is 1. The number of hydrogen-bond donors (Lipinski definition) is 2.